The monoisotopic (exact) mass is 441 g/mol. The van der Waals surface area contributed by atoms with E-state index in [0.717, 1.165) is 21.7 Å². The number of benzene rings is 1. The standard InChI is InChI=1S/C21H23N5O2S2/c1-11(2)18-23-20-17(12(3)13(4)30-20)19-24-25-21(26(18)19)29-10-16(27)22-14-7-6-8-15(9-14)28-5/h6-9,11H,10H2,1-5H3,(H,22,27). The van der Waals surface area contributed by atoms with Gasteiger partial charge in [0.25, 0.3) is 0 Å². The summed E-state index contributed by atoms with van der Waals surface area (Å²) in [6.07, 6.45) is 0. The zero-order valence-electron chi connectivity index (χ0n) is 17.5. The molecule has 0 aliphatic carbocycles. The number of aromatic nitrogens is 4. The summed E-state index contributed by atoms with van der Waals surface area (Å²) in [5, 5.41) is 13.5. The van der Waals surface area contributed by atoms with E-state index in [2.05, 4.69) is 43.2 Å². The number of amides is 1. The number of rotatable bonds is 6. The Balaban J connectivity index is 1.63. The van der Waals surface area contributed by atoms with Crippen LogP contribution in [0.15, 0.2) is 29.4 Å². The van der Waals surface area contributed by atoms with Gasteiger partial charge in [0.2, 0.25) is 5.91 Å². The molecule has 1 aromatic carbocycles. The zero-order chi connectivity index (χ0) is 21.4. The molecule has 1 amide bonds. The lowest BCUT2D eigenvalue weighted by Gasteiger charge is -2.11. The molecule has 0 radical (unpaired) electrons. The van der Waals surface area contributed by atoms with Crippen molar-refractivity contribution >= 4 is 50.6 Å². The molecular weight excluding hydrogens is 418 g/mol. The highest BCUT2D eigenvalue weighted by atomic mass is 32.2. The summed E-state index contributed by atoms with van der Waals surface area (Å²) in [6, 6.07) is 7.29. The average molecular weight is 442 g/mol. The van der Waals surface area contributed by atoms with Gasteiger partial charge in [-0.1, -0.05) is 31.7 Å². The predicted octanol–water partition coefficient (Wildman–Crippen LogP) is 4.82. The lowest BCUT2D eigenvalue weighted by atomic mass is 10.2. The van der Waals surface area contributed by atoms with Gasteiger partial charge in [-0.3, -0.25) is 9.20 Å². The molecule has 7 nitrogen and oxygen atoms in total. The minimum atomic E-state index is -0.118. The van der Waals surface area contributed by atoms with Crippen LogP contribution >= 0.6 is 23.1 Å². The molecule has 1 N–H and O–H groups in total. The normalized spacial score (nSPS) is 11.5. The second kappa shape index (κ2) is 8.23. The third-order valence-corrected chi connectivity index (χ3v) is 6.90. The molecule has 0 bridgehead atoms. The maximum Gasteiger partial charge on any atom is 0.234 e. The molecule has 0 spiro atoms. The van der Waals surface area contributed by atoms with E-state index < -0.39 is 0 Å². The topological polar surface area (TPSA) is 81.4 Å². The number of hydrogen-bond donors (Lipinski definition) is 1. The molecule has 0 saturated carbocycles. The summed E-state index contributed by atoms with van der Waals surface area (Å²) in [7, 11) is 1.60. The molecule has 4 rings (SSSR count). The van der Waals surface area contributed by atoms with Crippen LogP contribution in [0.1, 0.15) is 36.0 Å². The van der Waals surface area contributed by atoms with Gasteiger partial charge in [0, 0.05) is 22.5 Å². The van der Waals surface area contributed by atoms with E-state index in [1.807, 2.05) is 22.6 Å². The zero-order valence-corrected chi connectivity index (χ0v) is 19.1. The quantitative estimate of drug-likeness (QED) is 0.432. The van der Waals surface area contributed by atoms with E-state index in [0.29, 0.717) is 16.6 Å². The number of carbonyl (C=O) groups is 1. The van der Waals surface area contributed by atoms with Crippen LogP contribution in [0, 0.1) is 13.8 Å². The molecule has 0 aliphatic rings. The summed E-state index contributed by atoms with van der Waals surface area (Å²) in [4.78, 5) is 19.6. The molecule has 0 fully saturated rings. The van der Waals surface area contributed by atoms with Crippen LogP contribution in [0.4, 0.5) is 5.69 Å². The first-order valence-electron chi connectivity index (χ1n) is 9.60. The van der Waals surface area contributed by atoms with Crippen LogP contribution in [0.2, 0.25) is 0 Å². The van der Waals surface area contributed by atoms with Crippen molar-refractivity contribution in [2.75, 3.05) is 18.2 Å². The Kier molecular flexibility index (Phi) is 5.66. The fourth-order valence-corrected chi connectivity index (χ4v) is 5.02. The number of anilines is 1. The van der Waals surface area contributed by atoms with Crippen molar-refractivity contribution in [2.24, 2.45) is 0 Å². The predicted molar refractivity (Wildman–Crippen MR) is 122 cm³/mol. The number of fused-ring (bicyclic) bond motifs is 3. The Labute approximate surface area is 182 Å². The van der Waals surface area contributed by atoms with Gasteiger partial charge in [-0.25, -0.2) is 4.98 Å². The fourth-order valence-electron chi connectivity index (χ4n) is 3.25. The van der Waals surface area contributed by atoms with Gasteiger partial charge in [0.05, 0.1) is 18.2 Å². The fraction of sp³-hybridized carbons (Fsp3) is 0.333. The van der Waals surface area contributed by atoms with Crippen molar-refractivity contribution in [3.05, 3.63) is 40.5 Å². The Morgan fingerprint density at radius 3 is 2.83 bits per heavy atom. The number of aryl methyl sites for hydroxylation is 2. The van der Waals surface area contributed by atoms with Gasteiger partial charge in [0.15, 0.2) is 10.8 Å². The van der Waals surface area contributed by atoms with Crippen LogP contribution in [-0.4, -0.2) is 38.4 Å². The van der Waals surface area contributed by atoms with Gasteiger partial charge in [-0.05, 0) is 31.5 Å². The third kappa shape index (κ3) is 3.75. The van der Waals surface area contributed by atoms with E-state index in [1.54, 1.807) is 24.5 Å². The molecule has 0 saturated heterocycles. The first kappa shape index (κ1) is 20.6. The first-order chi connectivity index (χ1) is 14.4. The van der Waals surface area contributed by atoms with Gasteiger partial charge in [-0.2, -0.15) is 0 Å². The number of thioether (sulfide) groups is 1. The van der Waals surface area contributed by atoms with E-state index >= 15 is 0 Å². The van der Waals surface area contributed by atoms with Crippen LogP contribution in [0.25, 0.3) is 15.9 Å². The largest absolute Gasteiger partial charge is 0.497 e. The van der Waals surface area contributed by atoms with Gasteiger partial charge >= 0.3 is 0 Å². The van der Waals surface area contributed by atoms with Crippen molar-refractivity contribution in [3.63, 3.8) is 0 Å². The highest BCUT2D eigenvalue weighted by Gasteiger charge is 2.21. The van der Waals surface area contributed by atoms with Gasteiger partial charge in [-0.15, -0.1) is 21.5 Å². The summed E-state index contributed by atoms with van der Waals surface area (Å²) < 4.78 is 7.20. The van der Waals surface area contributed by atoms with Crippen LogP contribution in [0.3, 0.4) is 0 Å². The third-order valence-electron chi connectivity index (χ3n) is 4.87. The minimum Gasteiger partial charge on any atom is -0.497 e. The smallest absolute Gasteiger partial charge is 0.234 e. The van der Waals surface area contributed by atoms with Crippen LogP contribution in [0.5, 0.6) is 5.75 Å². The number of methoxy groups -OCH3 is 1. The molecule has 3 aromatic heterocycles. The Hall–Kier alpha value is -2.65. The lowest BCUT2D eigenvalue weighted by molar-refractivity contribution is -0.113. The summed E-state index contributed by atoms with van der Waals surface area (Å²) in [6.45, 7) is 8.39. The first-order valence-corrected chi connectivity index (χ1v) is 11.4. The molecule has 9 heteroatoms. The van der Waals surface area contributed by atoms with Crippen molar-refractivity contribution in [1.29, 1.82) is 0 Å². The van der Waals surface area contributed by atoms with Crippen molar-refractivity contribution in [3.8, 4) is 5.75 Å². The second-order valence-electron chi connectivity index (χ2n) is 7.30. The SMILES string of the molecule is COc1cccc(NC(=O)CSc2nnc3c4c(C)c(C)sc4nc(C(C)C)n23)c1. The molecule has 3 heterocycles. The summed E-state index contributed by atoms with van der Waals surface area (Å²) in [5.74, 6) is 1.89. The molecule has 156 valence electrons. The minimum absolute atomic E-state index is 0.118. The number of nitrogens with one attached hydrogen (secondary N) is 1. The highest BCUT2D eigenvalue weighted by molar-refractivity contribution is 7.99. The van der Waals surface area contributed by atoms with E-state index in [1.165, 1.54) is 22.2 Å². The second-order valence-corrected chi connectivity index (χ2v) is 9.44. The summed E-state index contributed by atoms with van der Waals surface area (Å²) >= 11 is 3.04. The Morgan fingerprint density at radius 2 is 2.10 bits per heavy atom. The molecule has 4 aromatic rings. The maximum atomic E-state index is 12.5. The number of nitrogens with zero attached hydrogens (tertiary/aromatic N) is 4. The Bertz CT molecular complexity index is 1250. The Morgan fingerprint density at radius 1 is 1.30 bits per heavy atom. The van der Waals surface area contributed by atoms with Crippen LogP contribution in [-0.2, 0) is 4.79 Å². The summed E-state index contributed by atoms with van der Waals surface area (Å²) in [5.41, 5.74) is 2.69. The molecule has 0 aliphatic heterocycles. The number of hydrogen-bond acceptors (Lipinski definition) is 7. The number of ether oxygens (including phenoxy) is 1. The molecule has 0 unspecified atom stereocenters. The van der Waals surface area contributed by atoms with E-state index in [4.69, 9.17) is 9.72 Å². The molecular formula is C21H23N5O2S2. The number of thiophene rings is 1. The number of carbonyl (C=O) groups excluding carboxylic acids is 1. The van der Waals surface area contributed by atoms with Gasteiger partial charge < -0.3 is 10.1 Å². The highest BCUT2D eigenvalue weighted by Crippen LogP contribution is 2.34. The van der Waals surface area contributed by atoms with Crippen molar-refractivity contribution in [1.82, 2.24) is 19.6 Å². The molecule has 30 heavy (non-hydrogen) atoms. The maximum absolute atomic E-state index is 12.5. The van der Waals surface area contributed by atoms with Crippen molar-refractivity contribution < 1.29 is 9.53 Å². The van der Waals surface area contributed by atoms with Crippen LogP contribution < -0.4 is 10.1 Å². The lowest BCUT2D eigenvalue weighted by Crippen LogP contribution is -2.14. The van der Waals surface area contributed by atoms with Crippen molar-refractivity contribution in [2.45, 2.75) is 38.8 Å². The van der Waals surface area contributed by atoms with Gasteiger partial charge in [0.1, 0.15) is 16.4 Å². The molecule has 0 atom stereocenters. The van der Waals surface area contributed by atoms with E-state index in [-0.39, 0.29) is 17.6 Å². The average Bonchev–Trinajstić information content (AvgIpc) is 3.26. The van der Waals surface area contributed by atoms with E-state index in [9.17, 15) is 4.79 Å².